The zero-order chi connectivity index (χ0) is 16.4. The van der Waals surface area contributed by atoms with Gasteiger partial charge in [-0.05, 0) is 24.3 Å². The minimum Gasteiger partial charge on any atom is -0.495 e. The Morgan fingerprint density at radius 1 is 1.22 bits per heavy atom. The van der Waals surface area contributed by atoms with Gasteiger partial charge in [0.05, 0.1) is 23.5 Å². The lowest BCUT2D eigenvalue weighted by Crippen LogP contribution is -1.98. The standard InChI is InChI=1S/C16H12ClN3O3/c1-23-12-8-10(2-3-11(12)17)14-13(9-4-6-18-7-5-9)19-15(20-14)16(21)22/h2-8H,1H3,(H,19,20)(H,21,22). The third-order valence-electron chi connectivity index (χ3n) is 3.30. The lowest BCUT2D eigenvalue weighted by molar-refractivity contribution is 0.0685. The number of pyridine rings is 1. The van der Waals surface area contributed by atoms with Gasteiger partial charge in [0.2, 0.25) is 5.82 Å². The lowest BCUT2D eigenvalue weighted by atomic mass is 10.1. The van der Waals surface area contributed by atoms with Crippen molar-refractivity contribution in [3.63, 3.8) is 0 Å². The van der Waals surface area contributed by atoms with Gasteiger partial charge in [0, 0.05) is 23.5 Å². The Morgan fingerprint density at radius 2 is 1.96 bits per heavy atom. The Labute approximate surface area is 136 Å². The Hall–Kier alpha value is -2.86. The van der Waals surface area contributed by atoms with Crippen LogP contribution in [-0.2, 0) is 0 Å². The molecule has 0 aliphatic heterocycles. The first-order valence-corrected chi connectivity index (χ1v) is 7.05. The van der Waals surface area contributed by atoms with Crippen LogP contribution in [0.3, 0.4) is 0 Å². The van der Waals surface area contributed by atoms with E-state index in [9.17, 15) is 9.90 Å². The Bertz CT molecular complexity index is 862. The van der Waals surface area contributed by atoms with Crippen molar-refractivity contribution in [2.45, 2.75) is 0 Å². The van der Waals surface area contributed by atoms with Gasteiger partial charge < -0.3 is 14.8 Å². The minimum absolute atomic E-state index is 0.138. The van der Waals surface area contributed by atoms with E-state index in [1.165, 1.54) is 7.11 Å². The molecule has 23 heavy (non-hydrogen) atoms. The molecule has 0 aliphatic rings. The number of halogens is 1. The molecule has 0 radical (unpaired) electrons. The van der Waals surface area contributed by atoms with Crippen molar-refractivity contribution < 1.29 is 14.6 Å². The average molecular weight is 330 g/mol. The topological polar surface area (TPSA) is 88.1 Å². The molecule has 0 saturated heterocycles. The molecule has 3 rings (SSSR count). The maximum Gasteiger partial charge on any atom is 0.371 e. The summed E-state index contributed by atoms with van der Waals surface area (Å²) in [6.45, 7) is 0. The van der Waals surface area contributed by atoms with Crippen molar-refractivity contribution in [2.24, 2.45) is 0 Å². The number of H-pyrrole nitrogens is 1. The molecule has 0 saturated carbocycles. The summed E-state index contributed by atoms with van der Waals surface area (Å²) >= 11 is 6.04. The van der Waals surface area contributed by atoms with Gasteiger partial charge in [0.25, 0.3) is 0 Å². The van der Waals surface area contributed by atoms with Gasteiger partial charge in [-0.1, -0.05) is 17.7 Å². The number of carbonyl (C=O) groups is 1. The molecule has 1 aromatic carbocycles. The highest BCUT2D eigenvalue weighted by molar-refractivity contribution is 6.32. The number of carboxylic acids is 1. The summed E-state index contributed by atoms with van der Waals surface area (Å²) in [5.74, 6) is -0.780. The van der Waals surface area contributed by atoms with Crippen LogP contribution in [0.25, 0.3) is 22.5 Å². The number of nitrogens with one attached hydrogen (secondary N) is 1. The molecular formula is C16H12ClN3O3. The Balaban J connectivity index is 2.20. The fourth-order valence-corrected chi connectivity index (χ4v) is 2.41. The molecule has 6 nitrogen and oxygen atoms in total. The lowest BCUT2D eigenvalue weighted by Gasteiger charge is -2.07. The highest BCUT2D eigenvalue weighted by Crippen LogP contribution is 2.34. The number of benzene rings is 1. The number of hydrogen-bond donors (Lipinski definition) is 2. The molecule has 0 bridgehead atoms. The van der Waals surface area contributed by atoms with Crippen molar-refractivity contribution in [2.75, 3.05) is 7.11 Å². The summed E-state index contributed by atoms with van der Waals surface area (Å²) in [5.41, 5.74) is 2.57. The van der Waals surface area contributed by atoms with E-state index in [4.69, 9.17) is 16.3 Å². The summed E-state index contributed by atoms with van der Waals surface area (Å²) in [6, 6.07) is 8.71. The molecule has 0 aliphatic carbocycles. The molecule has 0 spiro atoms. The second-order valence-electron chi connectivity index (χ2n) is 4.70. The fourth-order valence-electron chi connectivity index (χ4n) is 2.22. The number of rotatable bonds is 4. The molecule has 2 N–H and O–H groups in total. The molecule has 2 aromatic heterocycles. The molecule has 7 heteroatoms. The van der Waals surface area contributed by atoms with E-state index in [0.717, 1.165) is 5.56 Å². The van der Waals surface area contributed by atoms with E-state index < -0.39 is 5.97 Å². The third kappa shape index (κ3) is 2.89. The number of ether oxygens (including phenoxy) is 1. The van der Waals surface area contributed by atoms with Gasteiger partial charge in [-0.25, -0.2) is 9.78 Å². The van der Waals surface area contributed by atoms with Gasteiger partial charge >= 0.3 is 5.97 Å². The van der Waals surface area contributed by atoms with Crippen LogP contribution in [-0.4, -0.2) is 33.1 Å². The quantitative estimate of drug-likeness (QED) is 0.764. The highest BCUT2D eigenvalue weighted by Gasteiger charge is 2.18. The van der Waals surface area contributed by atoms with E-state index in [-0.39, 0.29) is 5.82 Å². The van der Waals surface area contributed by atoms with Gasteiger partial charge in [0.15, 0.2) is 0 Å². The number of carboxylic acid groups (broad SMARTS) is 1. The first-order chi connectivity index (χ1) is 11.1. The fraction of sp³-hybridized carbons (Fsp3) is 0.0625. The number of aromatic nitrogens is 3. The molecular weight excluding hydrogens is 318 g/mol. The van der Waals surface area contributed by atoms with E-state index in [1.54, 1.807) is 42.7 Å². The van der Waals surface area contributed by atoms with E-state index >= 15 is 0 Å². The number of aromatic amines is 1. The van der Waals surface area contributed by atoms with Crippen molar-refractivity contribution in [3.8, 4) is 28.3 Å². The predicted octanol–water partition coefficient (Wildman–Crippen LogP) is 3.50. The zero-order valence-electron chi connectivity index (χ0n) is 12.1. The molecule has 0 fully saturated rings. The van der Waals surface area contributed by atoms with Crippen LogP contribution < -0.4 is 4.74 Å². The average Bonchev–Trinajstić information content (AvgIpc) is 3.02. The van der Waals surface area contributed by atoms with Crippen LogP contribution in [0.5, 0.6) is 5.75 Å². The van der Waals surface area contributed by atoms with Crippen LogP contribution in [0.4, 0.5) is 0 Å². The normalized spacial score (nSPS) is 10.5. The van der Waals surface area contributed by atoms with Gasteiger partial charge in [-0.2, -0.15) is 0 Å². The van der Waals surface area contributed by atoms with Crippen LogP contribution in [0, 0.1) is 0 Å². The maximum atomic E-state index is 11.3. The monoisotopic (exact) mass is 329 g/mol. The predicted molar refractivity (Wildman–Crippen MR) is 85.8 cm³/mol. The first-order valence-electron chi connectivity index (χ1n) is 6.67. The van der Waals surface area contributed by atoms with E-state index in [2.05, 4.69) is 15.0 Å². The summed E-state index contributed by atoms with van der Waals surface area (Å²) in [6.07, 6.45) is 3.26. The molecule has 116 valence electrons. The van der Waals surface area contributed by atoms with Gasteiger partial charge in [0.1, 0.15) is 5.75 Å². The smallest absolute Gasteiger partial charge is 0.371 e. The molecule has 0 unspecified atom stereocenters. The van der Waals surface area contributed by atoms with Crippen molar-refractivity contribution in [1.29, 1.82) is 0 Å². The van der Waals surface area contributed by atoms with Gasteiger partial charge in [-0.3, -0.25) is 4.98 Å². The Morgan fingerprint density at radius 3 is 2.61 bits per heavy atom. The molecule has 2 heterocycles. The molecule has 0 atom stereocenters. The Kier molecular flexibility index (Phi) is 3.99. The van der Waals surface area contributed by atoms with Crippen LogP contribution in [0.2, 0.25) is 5.02 Å². The zero-order valence-corrected chi connectivity index (χ0v) is 12.8. The summed E-state index contributed by atoms with van der Waals surface area (Å²) in [7, 11) is 1.52. The largest absolute Gasteiger partial charge is 0.495 e. The number of methoxy groups -OCH3 is 1. The highest BCUT2D eigenvalue weighted by atomic mass is 35.5. The molecule has 0 amide bonds. The van der Waals surface area contributed by atoms with Crippen molar-refractivity contribution >= 4 is 17.6 Å². The van der Waals surface area contributed by atoms with Crippen LogP contribution in [0.1, 0.15) is 10.6 Å². The number of hydrogen-bond acceptors (Lipinski definition) is 4. The van der Waals surface area contributed by atoms with Crippen LogP contribution >= 0.6 is 11.6 Å². The summed E-state index contributed by atoms with van der Waals surface area (Å²) in [4.78, 5) is 22.2. The van der Waals surface area contributed by atoms with Gasteiger partial charge in [-0.15, -0.1) is 0 Å². The molecule has 3 aromatic rings. The maximum absolute atomic E-state index is 11.3. The number of nitrogens with zero attached hydrogens (tertiary/aromatic N) is 2. The summed E-state index contributed by atoms with van der Waals surface area (Å²) < 4.78 is 5.21. The third-order valence-corrected chi connectivity index (χ3v) is 3.61. The van der Waals surface area contributed by atoms with Crippen molar-refractivity contribution in [1.82, 2.24) is 15.0 Å². The minimum atomic E-state index is -1.13. The van der Waals surface area contributed by atoms with E-state index in [1.807, 2.05) is 0 Å². The van der Waals surface area contributed by atoms with Crippen LogP contribution in [0.15, 0.2) is 42.7 Å². The first kappa shape index (κ1) is 15.1. The van der Waals surface area contributed by atoms with E-state index in [0.29, 0.717) is 27.7 Å². The van der Waals surface area contributed by atoms with Crippen molar-refractivity contribution in [3.05, 3.63) is 53.6 Å². The number of imidazole rings is 1. The SMILES string of the molecule is COc1cc(-c2nc(C(=O)O)[nH]c2-c2ccncc2)ccc1Cl. The second-order valence-corrected chi connectivity index (χ2v) is 5.11. The number of aromatic carboxylic acids is 1. The second kappa shape index (κ2) is 6.10. The summed E-state index contributed by atoms with van der Waals surface area (Å²) in [5, 5.41) is 9.68.